The van der Waals surface area contributed by atoms with Crippen LogP contribution in [0, 0.1) is 10.1 Å². The molecule has 1 unspecified atom stereocenters. The molecule has 0 fully saturated rings. The minimum Gasteiger partial charge on any atom is -0.468 e. The van der Waals surface area contributed by atoms with Crippen molar-refractivity contribution in [1.29, 1.82) is 0 Å². The lowest BCUT2D eigenvalue weighted by Crippen LogP contribution is -2.23. The molecule has 1 heterocycles. The Morgan fingerprint density at radius 1 is 1.36 bits per heavy atom. The van der Waals surface area contributed by atoms with E-state index in [0.29, 0.717) is 12.3 Å². The molecule has 0 amide bonds. The second-order valence-electron chi connectivity index (χ2n) is 5.44. The van der Waals surface area contributed by atoms with Gasteiger partial charge >= 0.3 is 0 Å². The SMILES string of the molecule is CC(C)c1ccc(CNC(CO)c2ccco2)cc1[N+](=O)[O-]. The smallest absolute Gasteiger partial charge is 0.273 e. The molecular formula is C16H20N2O4. The first-order chi connectivity index (χ1) is 10.5. The molecule has 2 N–H and O–H groups in total. The predicted octanol–water partition coefficient (Wildman–Crippen LogP) is 3.13. The number of rotatable bonds is 7. The highest BCUT2D eigenvalue weighted by Gasteiger charge is 2.18. The van der Waals surface area contributed by atoms with E-state index in [4.69, 9.17) is 4.42 Å². The third-order valence-electron chi connectivity index (χ3n) is 3.54. The number of benzene rings is 1. The van der Waals surface area contributed by atoms with E-state index in [1.807, 2.05) is 19.9 Å². The van der Waals surface area contributed by atoms with Gasteiger partial charge in [0.15, 0.2) is 0 Å². The lowest BCUT2D eigenvalue weighted by molar-refractivity contribution is -0.385. The van der Waals surface area contributed by atoms with Gasteiger partial charge in [0.2, 0.25) is 0 Å². The normalized spacial score (nSPS) is 12.5. The topological polar surface area (TPSA) is 88.5 Å². The number of hydrogen-bond acceptors (Lipinski definition) is 5. The Balaban J connectivity index is 2.13. The Morgan fingerprint density at radius 2 is 2.14 bits per heavy atom. The molecule has 0 saturated carbocycles. The maximum absolute atomic E-state index is 11.2. The molecule has 1 aromatic heterocycles. The van der Waals surface area contributed by atoms with E-state index in [2.05, 4.69) is 5.32 Å². The fourth-order valence-corrected chi connectivity index (χ4v) is 2.33. The molecule has 6 heteroatoms. The molecule has 6 nitrogen and oxygen atoms in total. The largest absolute Gasteiger partial charge is 0.468 e. The van der Waals surface area contributed by atoms with E-state index >= 15 is 0 Å². The van der Waals surface area contributed by atoms with Crippen LogP contribution in [0.15, 0.2) is 41.0 Å². The Kier molecular flexibility index (Phi) is 5.30. The van der Waals surface area contributed by atoms with E-state index in [1.165, 1.54) is 0 Å². The minimum atomic E-state index is -0.352. The fourth-order valence-electron chi connectivity index (χ4n) is 2.33. The number of nitrogens with one attached hydrogen (secondary N) is 1. The van der Waals surface area contributed by atoms with Gasteiger partial charge in [-0.2, -0.15) is 0 Å². The Morgan fingerprint density at radius 3 is 2.68 bits per heavy atom. The van der Waals surface area contributed by atoms with Crippen molar-refractivity contribution in [3.63, 3.8) is 0 Å². The van der Waals surface area contributed by atoms with Gasteiger partial charge in [-0.15, -0.1) is 0 Å². The first kappa shape index (κ1) is 16.2. The van der Waals surface area contributed by atoms with Crippen LogP contribution in [-0.4, -0.2) is 16.6 Å². The molecule has 0 aliphatic carbocycles. The number of nitrogens with zero attached hydrogens (tertiary/aromatic N) is 1. The molecule has 2 rings (SSSR count). The maximum Gasteiger partial charge on any atom is 0.273 e. The average molecular weight is 304 g/mol. The zero-order valence-corrected chi connectivity index (χ0v) is 12.7. The summed E-state index contributed by atoms with van der Waals surface area (Å²) in [4.78, 5) is 10.8. The van der Waals surface area contributed by atoms with E-state index in [1.54, 1.807) is 30.5 Å². The third kappa shape index (κ3) is 3.72. The quantitative estimate of drug-likeness (QED) is 0.606. The van der Waals surface area contributed by atoms with E-state index in [-0.39, 0.29) is 29.2 Å². The zero-order chi connectivity index (χ0) is 16.1. The monoisotopic (exact) mass is 304 g/mol. The molecule has 0 radical (unpaired) electrons. The second-order valence-corrected chi connectivity index (χ2v) is 5.44. The highest BCUT2D eigenvalue weighted by atomic mass is 16.6. The van der Waals surface area contributed by atoms with Gasteiger partial charge in [0, 0.05) is 18.2 Å². The Bertz CT molecular complexity index is 623. The molecule has 0 aliphatic heterocycles. The number of hydrogen-bond donors (Lipinski definition) is 2. The van der Waals surface area contributed by atoms with Crippen LogP contribution in [0.5, 0.6) is 0 Å². The summed E-state index contributed by atoms with van der Waals surface area (Å²) in [6.07, 6.45) is 1.54. The number of furan rings is 1. The summed E-state index contributed by atoms with van der Waals surface area (Å²) >= 11 is 0. The maximum atomic E-state index is 11.2. The summed E-state index contributed by atoms with van der Waals surface area (Å²) in [5.41, 5.74) is 1.65. The number of aliphatic hydroxyl groups is 1. The number of nitro benzene ring substituents is 1. The summed E-state index contributed by atoms with van der Waals surface area (Å²) in [6.45, 7) is 4.16. The molecular weight excluding hydrogens is 284 g/mol. The van der Waals surface area contributed by atoms with Crippen molar-refractivity contribution in [2.24, 2.45) is 0 Å². The summed E-state index contributed by atoms with van der Waals surface area (Å²) in [5.74, 6) is 0.728. The highest BCUT2D eigenvalue weighted by Crippen LogP contribution is 2.27. The van der Waals surface area contributed by atoms with Gasteiger partial charge in [-0.25, -0.2) is 0 Å². The Hall–Kier alpha value is -2.18. The second kappa shape index (κ2) is 7.20. The van der Waals surface area contributed by atoms with Crippen LogP contribution in [0.1, 0.15) is 42.7 Å². The average Bonchev–Trinajstić information content (AvgIpc) is 3.01. The van der Waals surface area contributed by atoms with Crippen LogP contribution in [0.2, 0.25) is 0 Å². The molecule has 0 bridgehead atoms. The third-order valence-corrected chi connectivity index (χ3v) is 3.54. The van der Waals surface area contributed by atoms with Gasteiger partial charge in [0.05, 0.1) is 23.8 Å². The van der Waals surface area contributed by atoms with Gasteiger partial charge in [0.1, 0.15) is 5.76 Å². The van der Waals surface area contributed by atoms with Crippen molar-refractivity contribution in [3.8, 4) is 0 Å². The Labute approximate surface area is 128 Å². The van der Waals surface area contributed by atoms with Crippen LogP contribution >= 0.6 is 0 Å². The van der Waals surface area contributed by atoms with Gasteiger partial charge in [-0.05, 0) is 23.6 Å². The van der Waals surface area contributed by atoms with Gasteiger partial charge < -0.3 is 14.8 Å². The van der Waals surface area contributed by atoms with Crippen molar-refractivity contribution >= 4 is 5.69 Å². The summed E-state index contributed by atoms with van der Waals surface area (Å²) in [6, 6.07) is 8.44. The van der Waals surface area contributed by atoms with Crippen molar-refractivity contribution in [2.75, 3.05) is 6.61 Å². The van der Waals surface area contributed by atoms with Crippen LogP contribution in [-0.2, 0) is 6.54 Å². The molecule has 0 saturated heterocycles. The molecule has 22 heavy (non-hydrogen) atoms. The van der Waals surface area contributed by atoms with Crippen LogP contribution in [0.25, 0.3) is 0 Å². The van der Waals surface area contributed by atoms with Crippen molar-refractivity contribution in [3.05, 3.63) is 63.6 Å². The van der Waals surface area contributed by atoms with Crippen LogP contribution in [0.3, 0.4) is 0 Å². The van der Waals surface area contributed by atoms with Gasteiger partial charge in [-0.1, -0.05) is 26.0 Å². The first-order valence-electron chi connectivity index (χ1n) is 7.17. The number of aliphatic hydroxyl groups excluding tert-OH is 1. The molecule has 1 atom stereocenters. The van der Waals surface area contributed by atoms with Gasteiger partial charge in [0.25, 0.3) is 5.69 Å². The van der Waals surface area contributed by atoms with E-state index in [9.17, 15) is 15.2 Å². The fraction of sp³-hybridized carbons (Fsp3) is 0.375. The summed E-state index contributed by atoms with van der Waals surface area (Å²) in [7, 11) is 0. The summed E-state index contributed by atoms with van der Waals surface area (Å²) in [5, 5.41) is 23.7. The molecule has 0 aliphatic rings. The lowest BCUT2D eigenvalue weighted by atomic mass is 9.99. The number of nitro groups is 1. The van der Waals surface area contributed by atoms with E-state index in [0.717, 1.165) is 11.1 Å². The van der Waals surface area contributed by atoms with Crippen molar-refractivity contribution in [2.45, 2.75) is 32.4 Å². The standard InChI is InChI=1S/C16H20N2O4/c1-11(2)13-6-5-12(8-15(13)18(20)21)9-17-14(10-19)16-4-3-7-22-16/h3-8,11,14,17,19H,9-10H2,1-2H3. The van der Waals surface area contributed by atoms with E-state index < -0.39 is 0 Å². The van der Waals surface area contributed by atoms with Crippen LogP contribution in [0.4, 0.5) is 5.69 Å². The lowest BCUT2D eigenvalue weighted by Gasteiger charge is -2.14. The first-order valence-corrected chi connectivity index (χ1v) is 7.17. The molecule has 0 spiro atoms. The predicted molar refractivity (Wildman–Crippen MR) is 82.6 cm³/mol. The minimum absolute atomic E-state index is 0.0933. The molecule has 2 aromatic rings. The van der Waals surface area contributed by atoms with Crippen molar-refractivity contribution < 1.29 is 14.4 Å². The summed E-state index contributed by atoms with van der Waals surface area (Å²) < 4.78 is 5.26. The van der Waals surface area contributed by atoms with Crippen molar-refractivity contribution in [1.82, 2.24) is 5.32 Å². The zero-order valence-electron chi connectivity index (χ0n) is 12.7. The molecule has 1 aromatic carbocycles. The highest BCUT2D eigenvalue weighted by molar-refractivity contribution is 5.45. The molecule has 118 valence electrons. The van der Waals surface area contributed by atoms with Gasteiger partial charge in [-0.3, -0.25) is 10.1 Å². The van der Waals surface area contributed by atoms with Crippen LogP contribution < -0.4 is 5.32 Å².